The van der Waals surface area contributed by atoms with Crippen LogP contribution in [0, 0.1) is 0 Å². The molecule has 3 aliphatic rings. The fourth-order valence-corrected chi connectivity index (χ4v) is 5.13. The molecule has 0 aliphatic carbocycles. The number of likely N-dealkylation sites (tertiary alicyclic amines) is 1. The summed E-state index contributed by atoms with van der Waals surface area (Å²) < 4.78 is 51.1. The highest BCUT2D eigenvalue weighted by molar-refractivity contribution is 5.49. The Balaban J connectivity index is 1.08. The standard InChI is InChI=1S/C25H30F3N3O2/c26-25(27,28)19-4-3-5-21(16-19)31-14-12-30(13-15-31)20-8-10-29(11-9-20)17-22-18-32-23-6-1-2-7-24(23)33-22/h1-7,16,20,22H,8-15,17-18H2/t22-/m0/s1. The highest BCUT2D eigenvalue weighted by atomic mass is 19.4. The van der Waals surface area contributed by atoms with Crippen LogP contribution in [0.3, 0.4) is 0 Å². The van der Waals surface area contributed by atoms with Crippen LogP contribution in [0.1, 0.15) is 18.4 Å². The Labute approximate surface area is 192 Å². The molecule has 3 aliphatic heterocycles. The second-order valence-corrected chi connectivity index (χ2v) is 9.10. The van der Waals surface area contributed by atoms with Gasteiger partial charge in [-0.3, -0.25) is 9.80 Å². The average Bonchev–Trinajstić information content (AvgIpc) is 2.84. The Morgan fingerprint density at radius 1 is 0.848 bits per heavy atom. The van der Waals surface area contributed by atoms with E-state index in [9.17, 15) is 13.2 Å². The Bertz CT molecular complexity index is 938. The van der Waals surface area contributed by atoms with E-state index in [1.54, 1.807) is 6.07 Å². The van der Waals surface area contributed by atoms with Crippen molar-refractivity contribution in [1.29, 1.82) is 0 Å². The van der Waals surface area contributed by atoms with E-state index < -0.39 is 11.7 Å². The molecule has 0 spiro atoms. The van der Waals surface area contributed by atoms with Gasteiger partial charge in [0.2, 0.25) is 0 Å². The van der Waals surface area contributed by atoms with Crippen molar-refractivity contribution in [3.8, 4) is 11.5 Å². The maximum absolute atomic E-state index is 13.0. The zero-order valence-corrected chi connectivity index (χ0v) is 18.6. The van der Waals surface area contributed by atoms with Crippen molar-refractivity contribution in [1.82, 2.24) is 9.80 Å². The van der Waals surface area contributed by atoms with Crippen molar-refractivity contribution in [2.24, 2.45) is 0 Å². The van der Waals surface area contributed by atoms with Gasteiger partial charge in [0.15, 0.2) is 11.5 Å². The van der Waals surface area contributed by atoms with E-state index in [0.717, 1.165) is 76.2 Å². The number of hydrogen-bond donors (Lipinski definition) is 0. The van der Waals surface area contributed by atoms with Gasteiger partial charge in [0.1, 0.15) is 12.7 Å². The molecule has 2 saturated heterocycles. The maximum Gasteiger partial charge on any atom is 0.416 e. The van der Waals surface area contributed by atoms with Gasteiger partial charge in [-0.25, -0.2) is 0 Å². The molecule has 5 rings (SSSR count). The van der Waals surface area contributed by atoms with Crippen LogP contribution in [0.2, 0.25) is 0 Å². The number of hydrogen-bond acceptors (Lipinski definition) is 5. The summed E-state index contributed by atoms with van der Waals surface area (Å²) in [6.07, 6.45) is -2.04. The van der Waals surface area contributed by atoms with Gasteiger partial charge in [0.05, 0.1) is 5.56 Å². The molecule has 0 radical (unpaired) electrons. The van der Waals surface area contributed by atoms with Crippen molar-refractivity contribution < 1.29 is 22.6 Å². The van der Waals surface area contributed by atoms with Crippen LogP contribution in [0.5, 0.6) is 11.5 Å². The predicted molar refractivity (Wildman–Crippen MR) is 121 cm³/mol. The number of halogens is 3. The molecule has 0 unspecified atom stereocenters. The summed E-state index contributed by atoms with van der Waals surface area (Å²) >= 11 is 0. The third kappa shape index (κ3) is 5.22. The second kappa shape index (κ2) is 9.43. The van der Waals surface area contributed by atoms with E-state index in [-0.39, 0.29) is 6.10 Å². The van der Waals surface area contributed by atoms with Gasteiger partial charge in [0.25, 0.3) is 0 Å². The lowest BCUT2D eigenvalue weighted by Gasteiger charge is -2.44. The molecular formula is C25H30F3N3O2. The van der Waals surface area contributed by atoms with Gasteiger partial charge >= 0.3 is 6.18 Å². The molecule has 2 aromatic rings. The molecule has 0 N–H and O–H groups in total. The van der Waals surface area contributed by atoms with Gasteiger partial charge in [-0.15, -0.1) is 0 Å². The van der Waals surface area contributed by atoms with Crippen molar-refractivity contribution >= 4 is 5.69 Å². The Morgan fingerprint density at radius 3 is 2.30 bits per heavy atom. The molecule has 0 aromatic heterocycles. The zero-order chi connectivity index (χ0) is 22.8. The minimum atomic E-state index is -4.30. The minimum absolute atomic E-state index is 0.0486. The highest BCUT2D eigenvalue weighted by Crippen LogP contribution is 2.33. The second-order valence-electron chi connectivity index (χ2n) is 9.10. The third-order valence-corrected chi connectivity index (χ3v) is 6.96. The molecule has 3 heterocycles. The fraction of sp³-hybridized carbons (Fsp3) is 0.520. The molecule has 0 amide bonds. The normalized spacial score (nSPS) is 23.0. The topological polar surface area (TPSA) is 28.2 Å². The molecule has 2 aromatic carbocycles. The van der Waals surface area contributed by atoms with Gasteiger partial charge in [0, 0.05) is 44.5 Å². The SMILES string of the molecule is FC(F)(F)c1cccc(N2CCN(C3CCN(C[C@H]4COc5ccccc5O4)CC3)CC2)c1. The van der Waals surface area contributed by atoms with Gasteiger partial charge < -0.3 is 14.4 Å². The number of piperidine rings is 1. The Morgan fingerprint density at radius 2 is 1.58 bits per heavy atom. The number of para-hydroxylation sites is 2. The maximum atomic E-state index is 13.0. The Kier molecular flexibility index (Phi) is 6.38. The molecule has 1 atom stereocenters. The summed E-state index contributed by atoms with van der Waals surface area (Å²) in [6, 6.07) is 14.0. The van der Waals surface area contributed by atoms with E-state index in [0.29, 0.717) is 18.3 Å². The van der Waals surface area contributed by atoms with Crippen LogP contribution >= 0.6 is 0 Å². The van der Waals surface area contributed by atoms with Crippen LogP contribution in [-0.2, 0) is 6.18 Å². The first-order valence-corrected chi connectivity index (χ1v) is 11.7. The van der Waals surface area contributed by atoms with E-state index >= 15 is 0 Å². The average molecular weight is 462 g/mol. The summed E-state index contributed by atoms with van der Waals surface area (Å²) in [5.74, 6) is 1.64. The van der Waals surface area contributed by atoms with E-state index in [4.69, 9.17) is 9.47 Å². The van der Waals surface area contributed by atoms with Crippen LogP contribution in [-0.4, -0.2) is 74.4 Å². The number of nitrogens with zero attached hydrogens (tertiary/aromatic N) is 3. The van der Waals surface area contributed by atoms with Crippen LogP contribution in [0.4, 0.5) is 18.9 Å². The van der Waals surface area contributed by atoms with Crippen molar-refractivity contribution in [2.45, 2.75) is 31.2 Å². The number of alkyl halides is 3. The number of ether oxygens (including phenoxy) is 2. The number of anilines is 1. The molecule has 0 bridgehead atoms. The molecular weight excluding hydrogens is 431 g/mol. The first kappa shape index (κ1) is 22.3. The summed E-state index contributed by atoms with van der Waals surface area (Å²) in [7, 11) is 0. The first-order valence-electron chi connectivity index (χ1n) is 11.7. The monoisotopic (exact) mass is 461 g/mol. The van der Waals surface area contributed by atoms with Gasteiger partial charge in [-0.05, 0) is 56.3 Å². The minimum Gasteiger partial charge on any atom is -0.486 e. The van der Waals surface area contributed by atoms with Crippen LogP contribution in [0.15, 0.2) is 48.5 Å². The number of piperazine rings is 1. The molecule has 8 heteroatoms. The smallest absolute Gasteiger partial charge is 0.416 e. The van der Waals surface area contributed by atoms with Crippen LogP contribution < -0.4 is 14.4 Å². The van der Waals surface area contributed by atoms with Crippen LogP contribution in [0.25, 0.3) is 0 Å². The number of rotatable bonds is 4. The third-order valence-electron chi connectivity index (χ3n) is 6.96. The molecule has 33 heavy (non-hydrogen) atoms. The summed E-state index contributed by atoms with van der Waals surface area (Å²) in [5.41, 5.74) is 0.0844. The molecule has 178 valence electrons. The molecule has 5 nitrogen and oxygen atoms in total. The largest absolute Gasteiger partial charge is 0.486 e. The summed E-state index contributed by atoms with van der Waals surface area (Å²) in [4.78, 5) is 7.04. The van der Waals surface area contributed by atoms with E-state index in [2.05, 4.69) is 14.7 Å². The lowest BCUT2D eigenvalue weighted by molar-refractivity contribution is -0.137. The van der Waals surface area contributed by atoms with Gasteiger partial charge in [-0.2, -0.15) is 13.2 Å². The molecule has 2 fully saturated rings. The summed E-state index contributed by atoms with van der Waals surface area (Å²) in [6.45, 7) is 6.79. The highest BCUT2D eigenvalue weighted by Gasteiger charge is 2.32. The first-order chi connectivity index (χ1) is 16.0. The van der Waals surface area contributed by atoms with Gasteiger partial charge in [-0.1, -0.05) is 18.2 Å². The zero-order valence-electron chi connectivity index (χ0n) is 18.6. The molecule has 0 saturated carbocycles. The quantitative estimate of drug-likeness (QED) is 0.683. The lowest BCUT2D eigenvalue weighted by Crippen LogP contribution is -2.54. The van der Waals surface area contributed by atoms with Crippen molar-refractivity contribution in [3.05, 3.63) is 54.1 Å². The van der Waals surface area contributed by atoms with E-state index in [1.807, 2.05) is 24.3 Å². The predicted octanol–water partition coefficient (Wildman–Crippen LogP) is 4.13. The number of fused-ring (bicyclic) bond motifs is 1. The van der Waals surface area contributed by atoms with Crippen molar-refractivity contribution in [2.75, 3.05) is 57.3 Å². The summed E-state index contributed by atoms with van der Waals surface area (Å²) in [5, 5.41) is 0. The van der Waals surface area contributed by atoms with Crippen molar-refractivity contribution in [3.63, 3.8) is 0 Å². The fourth-order valence-electron chi connectivity index (χ4n) is 5.13. The lowest BCUT2D eigenvalue weighted by atomic mass is 10.0. The van der Waals surface area contributed by atoms with E-state index in [1.165, 1.54) is 12.1 Å². The Hall–Kier alpha value is -2.45. The number of benzene rings is 2.